The van der Waals surface area contributed by atoms with Gasteiger partial charge >= 0.3 is 0 Å². The van der Waals surface area contributed by atoms with E-state index >= 15 is 0 Å². The van der Waals surface area contributed by atoms with Crippen LogP contribution in [0, 0.1) is 5.41 Å². The van der Waals surface area contributed by atoms with Crippen molar-refractivity contribution >= 4 is 11.8 Å². The van der Waals surface area contributed by atoms with Crippen molar-refractivity contribution in [2.24, 2.45) is 11.1 Å². The molecule has 138 valence electrons. The Balaban J connectivity index is 1.86. The number of nitrogens with zero attached hydrogens (tertiary/aromatic N) is 2. The van der Waals surface area contributed by atoms with E-state index in [0.29, 0.717) is 32.6 Å². The van der Waals surface area contributed by atoms with E-state index in [-0.39, 0.29) is 17.2 Å². The van der Waals surface area contributed by atoms with Gasteiger partial charge in [-0.05, 0) is 23.8 Å². The molecule has 1 heterocycles. The quantitative estimate of drug-likeness (QED) is 0.908. The van der Waals surface area contributed by atoms with Gasteiger partial charge in [-0.1, -0.05) is 51.1 Å². The highest BCUT2D eigenvalue weighted by Gasteiger charge is 2.32. The number of amides is 2. The van der Waals surface area contributed by atoms with Gasteiger partial charge in [-0.25, -0.2) is 0 Å². The molecule has 25 heavy (non-hydrogen) atoms. The topological polar surface area (TPSA) is 66.6 Å². The van der Waals surface area contributed by atoms with Gasteiger partial charge in [0.05, 0.1) is 6.04 Å². The molecule has 0 unspecified atom stereocenters. The Morgan fingerprint density at radius 3 is 2.28 bits per heavy atom. The maximum Gasteiger partial charge on any atom is 0.240 e. The molecule has 1 atom stereocenters. The number of nitrogens with two attached hydrogens (primary N) is 1. The molecule has 2 N–H and O–H groups in total. The lowest BCUT2D eigenvalue weighted by Gasteiger charge is -2.31. The van der Waals surface area contributed by atoms with Crippen LogP contribution in [0.1, 0.15) is 39.2 Å². The van der Waals surface area contributed by atoms with E-state index in [2.05, 4.69) is 0 Å². The zero-order valence-corrected chi connectivity index (χ0v) is 15.7. The molecule has 1 aliphatic heterocycles. The maximum atomic E-state index is 12.6. The molecule has 0 bridgehead atoms. The van der Waals surface area contributed by atoms with E-state index in [0.717, 1.165) is 12.8 Å². The molecule has 1 saturated heterocycles. The molecule has 5 heteroatoms. The molecule has 5 nitrogen and oxygen atoms in total. The van der Waals surface area contributed by atoms with Crippen molar-refractivity contribution in [2.75, 3.05) is 26.2 Å². The number of aryl methyl sites for hydroxylation is 1. The fraction of sp³-hybridized carbons (Fsp3) is 0.600. The summed E-state index contributed by atoms with van der Waals surface area (Å²) in [6, 6.07) is 9.55. The fourth-order valence-corrected chi connectivity index (χ4v) is 3.01. The zero-order valence-electron chi connectivity index (χ0n) is 15.7. The predicted octanol–water partition coefficient (Wildman–Crippen LogP) is 2.05. The summed E-state index contributed by atoms with van der Waals surface area (Å²) < 4.78 is 0. The lowest BCUT2D eigenvalue weighted by atomic mass is 9.86. The van der Waals surface area contributed by atoms with E-state index in [4.69, 9.17) is 5.73 Å². The fourth-order valence-electron chi connectivity index (χ4n) is 3.01. The van der Waals surface area contributed by atoms with Crippen LogP contribution < -0.4 is 5.73 Å². The summed E-state index contributed by atoms with van der Waals surface area (Å²) in [5, 5.41) is 0. The molecule has 0 aromatic heterocycles. The van der Waals surface area contributed by atoms with Crippen LogP contribution >= 0.6 is 0 Å². The molecule has 0 radical (unpaired) electrons. The number of carbonyl (C=O) groups excluding carboxylic acids is 2. The maximum absolute atomic E-state index is 12.6. The van der Waals surface area contributed by atoms with Crippen molar-refractivity contribution in [1.82, 2.24) is 9.80 Å². The van der Waals surface area contributed by atoms with Crippen molar-refractivity contribution in [3.05, 3.63) is 35.9 Å². The summed E-state index contributed by atoms with van der Waals surface area (Å²) in [5.41, 5.74) is 7.03. The van der Waals surface area contributed by atoms with E-state index in [1.807, 2.05) is 60.9 Å². The molecule has 1 aromatic rings. The second kappa shape index (κ2) is 8.48. The molecule has 1 aliphatic rings. The molecular formula is C20H31N3O2. The van der Waals surface area contributed by atoms with Crippen molar-refractivity contribution < 1.29 is 9.59 Å². The summed E-state index contributed by atoms with van der Waals surface area (Å²) in [5.74, 6) is 0.157. The Labute approximate surface area is 151 Å². The third-order valence-electron chi connectivity index (χ3n) is 4.83. The SMILES string of the molecule is CC(C)(C)[C@H](N)C(=O)N1CCCN(C(=O)CCc2ccccc2)CC1. The molecular weight excluding hydrogens is 314 g/mol. The lowest BCUT2D eigenvalue weighted by molar-refractivity contribution is -0.136. The van der Waals surface area contributed by atoms with Crippen LogP contribution in [0.3, 0.4) is 0 Å². The average molecular weight is 345 g/mol. The highest BCUT2D eigenvalue weighted by Crippen LogP contribution is 2.20. The Kier molecular flexibility index (Phi) is 6.59. The van der Waals surface area contributed by atoms with E-state index in [9.17, 15) is 9.59 Å². The number of benzene rings is 1. The third-order valence-corrected chi connectivity index (χ3v) is 4.83. The predicted molar refractivity (Wildman–Crippen MR) is 100.0 cm³/mol. The standard InChI is InChI=1S/C20H31N3O2/c1-20(2,3)18(21)19(25)23-13-7-12-22(14-15-23)17(24)11-10-16-8-5-4-6-9-16/h4-6,8-9,18H,7,10-15,21H2,1-3H3/t18-/m1/s1. The first-order valence-corrected chi connectivity index (χ1v) is 9.15. The van der Waals surface area contributed by atoms with Crippen LogP contribution in [0.4, 0.5) is 0 Å². The van der Waals surface area contributed by atoms with E-state index in [1.165, 1.54) is 5.56 Å². The highest BCUT2D eigenvalue weighted by molar-refractivity contribution is 5.82. The van der Waals surface area contributed by atoms with Gasteiger partial charge in [0.25, 0.3) is 0 Å². The Hall–Kier alpha value is -1.88. The summed E-state index contributed by atoms with van der Waals surface area (Å²) in [6.07, 6.45) is 2.08. The van der Waals surface area contributed by atoms with Crippen LogP contribution in [-0.2, 0) is 16.0 Å². The first kappa shape index (κ1) is 19.4. The van der Waals surface area contributed by atoms with Crippen LogP contribution in [0.25, 0.3) is 0 Å². The minimum absolute atomic E-state index is 0.00826. The average Bonchev–Trinajstić information content (AvgIpc) is 2.84. The Bertz CT molecular complexity index is 580. The molecule has 0 spiro atoms. The van der Waals surface area contributed by atoms with Crippen molar-refractivity contribution in [1.29, 1.82) is 0 Å². The van der Waals surface area contributed by atoms with E-state index < -0.39 is 6.04 Å². The largest absolute Gasteiger partial charge is 0.341 e. The van der Waals surface area contributed by atoms with Crippen LogP contribution in [0.5, 0.6) is 0 Å². The number of carbonyl (C=O) groups is 2. The second-order valence-electron chi connectivity index (χ2n) is 7.89. The summed E-state index contributed by atoms with van der Waals surface area (Å²) >= 11 is 0. The van der Waals surface area contributed by atoms with Crippen LogP contribution in [0.15, 0.2) is 30.3 Å². The highest BCUT2D eigenvalue weighted by atomic mass is 16.2. The summed E-state index contributed by atoms with van der Waals surface area (Å²) in [4.78, 5) is 28.8. The van der Waals surface area contributed by atoms with Crippen molar-refractivity contribution in [3.8, 4) is 0 Å². The molecule has 0 aliphatic carbocycles. The smallest absolute Gasteiger partial charge is 0.240 e. The first-order valence-electron chi connectivity index (χ1n) is 9.15. The molecule has 0 saturated carbocycles. The monoisotopic (exact) mass is 345 g/mol. The zero-order chi connectivity index (χ0) is 18.4. The lowest BCUT2D eigenvalue weighted by Crippen LogP contribution is -2.51. The normalized spacial score (nSPS) is 17.1. The number of hydrogen-bond acceptors (Lipinski definition) is 3. The van der Waals surface area contributed by atoms with E-state index in [1.54, 1.807) is 0 Å². The summed E-state index contributed by atoms with van der Waals surface area (Å²) in [6.45, 7) is 8.48. The van der Waals surface area contributed by atoms with Gasteiger partial charge < -0.3 is 15.5 Å². The first-order chi connectivity index (χ1) is 11.8. The molecule has 2 rings (SSSR count). The molecule has 2 amide bonds. The minimum atomic E-state index is -0.507. The van der Waals surface area contributed by atoms with Crippen LogP contribution in [0.2, 0.25) is 0 Å². The molecule has 1 aromatic carbocycles. The van der Waals surface area contributed by atoms with Crippen molar-refractivity contribution in [2.45, 2.75) is 46.1 Å². The van der Waals surface area contributed by atoms with Gasteiger partial charge in [0.2, 0.25) is 11.8 Å². The summed E-state index contributed by atoms with van der Waals surface area (Å²) in [7, 11) is 0. The third kappa shape index (κ3) is 5.56. The number of hydrogen-bond donors (Lipinski definition) is 1. The van der Waals surface area contributed by atoms with Crippen molar-refractivity contribution in [3.63, 3.8) is 0 Å². The molecule has 1 fully saturated rings. The van der Waals surface area contributed by atoms with Gasteiger partial charge in [-0.3, -0.25) is 9.59 Å². The van der Waals surface area contributed by atoms with Gasteiger partial charge in [0, 0.05) is 32.6 Å². The second-order valence-corrected chi connectivity index (χ2v) is 7.89. The number of rotatable bonds is 4. The van der Waals surface area contributed by atoms with Gasteiger partial charge in [0.15, 0.2) is 0 Å². The van der Waals surface area contributed by atoms with Crippen LogP contribution in [-0.4, -0.2) is 53.8 Å². The van der Waals surface area contributed by atoms with Gasteiger partial charge in [0.1, 0.15) is 0 Å². The Morgan fingerprint density at radius 1 is 1.04 bits per heavy atom. The van der Waals surface area contributed by atoms with Gasteiger partial charge in [-0.2, -0.15) is 0 Å². The Morgan fingerprint density at radius 2 is 1.64 bits per heavy atom. The van der Waals surface area contributed by atoms with Gasteiger partial charge in [-0.15, -0.1) is 0 Å². The minimum Gasteiger partial charge on any atom is -0.341 e.